The molecule has 0 bridgehead atoms. The predicted molar refractivity (Wildman–Crippen MR) is 46.5 cm³/mol. The van der Waals surface area contributed by atoms with Crippen molar-refractivity contribution in [3.05, 3.63) is 42.7 Å². The van der Waals surface area contributed by atoms with E-state index in [1.165, 1.54) is 0 Å². The Balaban J connectivity index is 0.000000336. The van der Waals surface area contributed by atoms with Gasteiger partial charge in [0.15, 0.2) is 0 Å². The van der Waals surface area contributed by atoms with Crippen LogP contribution >= 0.6 is 11.9 Å². The fourth-order valence-electron chi connectivity index (χ4n) is 0.981. The molecule has 1 heterocycles. The number of benzene rings is 1. The molecule has 12 heavy (non-hydrogen) atoms. The second-order valence-corrected chi connectivity index (χ2v) is 2.15. The van der Waals surface area contributed by atoms with E-state index in [2.05, 4.69) is 11.9 Å². The van der Waals surface area contributed by atoms with E-state index < -0.39 is 0 Å². The van der Waals surface area contributed by atoms with E-state index in [4.69, 9.17) is 9.08 Å². The average Bonchev–Trinajstić information content (AvgIpc) is 2.21. The fourth-order valence-corrected chi connectivity index (χ4v) is 0.981. The molecule has 3 heteroatoms. The zero-order valence-corrected chi connectivity index (χ0v) is 6.99. The first-order valence-electron chi connectivity index (χ1n) is 3.38. The fraction of sp³-hybridized carbons (Fsp3) is 0. The van der Waals surface area contributed by atoms with Crippen molar-refractivity contribution in [2.45, 2.75) is 0 Å². The minimum atomic E-state index is 0.935. The van der Waals surface area contributed by atoms with Gasteiger partial charge in [-0.15, -0.1) is 0 Å². The Hall–Kier alpha value is -1.12. The smallest absolute Gasteiger partial charge is 0.359 e. The summed E-state index contributed by atoms with van der Waals surface area (Å²) in [5, 5.41) is 1.14. The third-order valence-electron chi connectivity index (χ3n) is 1.47. The Morgan fingerprint density at radius 2 is 1.67 bits per heavy atom. The topological polar surface area (TPSA) is 34.4 Å². The maximum atomic E-state index is 7.72. The molecule has 0 radical (unpaired) electrons. The van der Waals surface area contributed by atoms with Gasteiger partial charge in [-0.25, -0.2) is 16.3 Å². The molecule has 0 aliphatic heterocycles. The first-order valence-corrected chi connectivity index (χ1v) is 3.69. The summed E-state index contributed by atoms with van der Waals surface area (Å²) >= 11 is 3.39. The third-order valence-corrected chi connectivity index (χ3v) is 1.47. The van der Waals surface area contributed by atoms with E-state index in [1.54, 1.807) is 6.26 Å². The van der Waals surface area contributed by atoms with Gasteiger partial charge in [-0.3, -0.25) is 0 Å². The Labute approximate surface area is 75.2 Å². The summed E-state index contributed by atoms with van der Waals surface area (Å²) < 4.78 is 12.9. The largest absolute Gasteiger partial charge is 0.769 e. The van der Waals surface area contributed by atoms with Gasteiger partial charge in [0.25, 0.3) is 0 Å². The van der Waals surface area contributed by atoms with Gasteiger partial charge in [0, 0.05) is 12.1 Å². The van der Waals surface area contributed by atoms with Crippen LogP contribution in [0.25, 0.3) is 11.0 Å². The summed E-state index contributed by atoms with van der Waals surface area (Å²) in [4.78, 5) is 0. The van der Waals surface area contributed by atoms with E-state index in [1.807, 2.05) is 36.4 Å². The lowest BCUT2D eigenvalue weighted by atomic mass is 10.2. The highest BCUT2D eigenvalue weighted by Crippen LogP contribution is 2.11. The van der Waals surface area contributed by atoms with Crippen LogP contribution in [-0.4, -0.2) is 0 Å². The van der Waals surface area contributed by atoms with Crippen LogP contribution < -0.4 is 4.66 Å². The van der Waals surface area contributed by atoms with Gasteiger partial charge in [-0.05, 0) is 12.1 Å². The normalized spacial score (nSPS) is 8.83. The molecule has 0 saturated carbocycles. The molecular weight excluding hydrogens is 176 g/mol. The average molecular weight is 183 g/mol. The first-order chi connectivity index (χ1) is 5.97. The van der Waals surface area contributed by atoms with E-state index >= 15 is 0 Å². The van der Waals surface area contributed by atoms with Gasteiger partial charge in [-0.1, -0.05) is 12.1 Å². The molecule has 0 unspecified atom stereocenters. The Morgan fingerprint density at radius 3 is 2.42 bits per heavy atom. The first kappa shape index (κ1) is 8.97. The maximum absolute atomic E-state index is 7.72. The van der Waals surface area contributed by atoms with Crippen molar-refractivity contribution in [1.29, 1.82) is 0 Å². The molecule has 0 amide bonds. The monoisotopic (exact) mass is 182 g/mol. The molecule has 0 spiro atoms. The van der Waals surface area contributed by atoms with Crippen LogP contribution in [0.5, 0.6) is 0 Å². The van der Waals surface area contributed by atoms with Crippen LogP contribution in [0, 0.1) is 0 Å². The number of rotatable bonds is 0. The molecular formula is C9H7ClO2. The second-order valence-electron chi connectivity index (χ2n) is 2.15. The Morgan fingerprint density at radius 1 is 1.00 bits per heavy atom. The van der Waals surface area contributed by atoms with Crippen LogP contribution in [0.2, 0.25) is 0 Å². The molecule has 0 aliphatic rings. The summed E-state index contributed by atoms with van der Waals surface area (Å²) in [5.74, 6) is 0. The standard InChI is InChI=1S/C9H7O.ClO/c1-2-6-9-8(4-1)5-3-7-10-9;1-2/h1-7H;/q+1;-1. The SMILES string of the molecule is [O-]Cl.c1ccc2[o+]cccc2c1. The second kappa shape index (κ2) is 4.70. The number of hydrogen-bond acceptors (Lipinski definition) is 1. The zero-order valence-electron chi connectivity index (χ0n) is 6.24. The summed E-state index contributed by atoms with van der Waals surface area (Å²) in [5.41, 5.74) is 0.935. The molecule has 2 rings (SSSR count). The summed E-state index contributed by atoms with van der Waals surface area (Å²) in [7, 11) is 0. The van der Waals surface area contributed by atoms with Gasteiger partial charge in [0.2, 0.25) is 0 Å². The number of halogens is 1. The quantitative estimate of drug-likeness (QED) is 0.586. The number of hydrogen-bond donors (Lipinski definition) is 0. The summed E-state index contributed by atoms with van der Waals surface area (Å²) in [6.07, 6.45) is 1.68. The molecule has 1 aromatic heterocycles. The van der Waals surface area contributed by atoms with Gasteiger partial charge >= 0.3 is 11.8 Å². The Bertz CT molecular complexity index is 284. The maximum Gasteiger partial charge on any atom is 0.359 e. The predicted octanol–water partition coefficient (Wildman–Crippen LogP) is 2.21. The number of para-hydroxylation sites is 1. The van der Waals surface area contributed by atoms with Crippen molar-refractivity contribution in [2.75, 3.05) is 0 Å². The van der Waals surface area contributed by atoms with Crippen LogP contribution in [-0.2, 0) is 0 Å². The lowest BCUT2D eigenvalue weighted by Crippen LogP contribution is -1.67. The minimum absolute atomic E-state index is 0.935. The van der Waals surface area contributed by atoms with Crippen LogP contribution in [0.4, 0.5) is 0 Å². The molecule has 0 N–H and O–H groups in total. The highest BCUT2D eigenvalue weighted by molar-refractivity contribution is 6.02. The van der Waals surface area contributed by atoms with E-state index in [0.717, 1.165) is 11.0 Å². The van der Waals surface area contributed by atoms with Crippen molar-refractivity contribution in [1.82, 2.24) is 0 Å². The lowest BCUT2D eigenvalue weighted by Gasteiger charge is -1.81. The van der Waals surface area contributed by atoms with Gasteiger partial charge in [0.05, 0.1) is 5.39 Å². The van der Waals surface area contributed by atoms with Crippen LogP contribution in [0.1, 0.15) is 0 Å². The van der Waals surface area contributed by atoms with E-state index in [0.29, 0.717) is 0 Å². The molecule has 62 valence electrons. The Kier molecular flexibility index (Phi) is 3.51. The summed E-state index contributed by atoms with van der Waals surface area (Å²) in [6.45, 7) is 0. The van der Waals surface area contributed by atoms with Crippen molar-refractivity contribution in [2.24, 2.45) is 0 Å². The van der Waals surface area contributed by atoms with Crippen molar-refractivity contribution < 1.29 is 9.08 Å². The summed E-state index contributed by atoms with van der Waals surface area (Å²) in [6, 6.07) is 11.9. The number of fused-ring (bicyclic) bond motifs is 1. The molecule has 1 aromatic carbocycles. The molecule has 0 fully saturated rings. The van der Waals surface area contributed by atoms with Crippen LogP contribution in [0.15, 0.2) is 47.1 Å². The van der Waals surface area contributed by atoms with Gasteiger partial charge < -0.3 is 4.66 Å². The van der Waals surface area contributed by atoms with Crippen LogP contribution in [0.3, 0.4) is 0 Å². The zero-order chi connectivity index (χ0) is 8.81. The molecule has 0 atom stereocenters. The molecule has 2 aromatic rings. The molecule has 2 nitrogen and oxygen atoms in total. The van der Waals surface area contributed by atoms with Gasteiger partial charge in [-0.2, -0.15) is 0 Å². The molecule has 0 aliphatic carbocycles. The highest BCUT2D eigenvalue weighted by atomic mass is 35.5. The van der Waals surface area contributed by atoms with Crippen molar-refractivity contribution in [3.63, 3.8) is 0 Å². The van der Waals surface area contributed by atoms with Crippen molar-refractivity contribution >= 4 is 22.8 Å². The van der Waals surface area contributed by atoms with Gasteiger partial charge in [0.1, 0.15) is 0 Å². The minimum Gasteiger partial charge on any atom is -0.769 e. The van der Waals surface area contributed by atoms with E-state index in [9.17, 15) is 0 Å². The third kappa shape index (κ3) is 1.94. The van der Waals surface area contributed by atoms with Crippen molar-refractivity contribution in [3.8, 4) is 0 Å². The van der Waals surface area contributed by atoms with E-state index in [-0.39, 0.29) is 0 Å². The molecule has 0 saturated heterocycles. The highest BCUT2D eigenvalue weighted by Gasteiger charge is 1.99. The lowest BCUT2D eigenvalue weighted by molar-refractivity contribution is -0.166.